The summed E-state index contributed by atoms with van der Waals surface area (Å²) in [6.07, 6.45) is 3.31. The first-order valence-corrected chi connectivity index (χ1v) is 7.34. The summed E-state index contributed by atoms with van der Waals surface area (Å²) in [4.78, 5) is 14.8. The molecule has 102 valence electrons. The van der Waals surface area contributed by atoms with E-state index in [2.05, 4.69) is 10.2 Å². The third-order valence-corrected chi connectivity index (χ3v) is 4.71. The molecule has 19 heavy (non-hydrogen) atoms. The van der Waals surface area contributed by atoms with Crippen molar-refractivity contribution in [3.8, 4) is 0 Å². The molecule has 0 radical (unpaired) electrons. The molecule has 3 nitrogen and oxygen atoms in total. The Balaban J connectivity index is 1.88. The molecule has 0 aromatic heterocycles. The smallest absolute Gasteiger partial charge is 0.254 e. The average molecular weight is 279 g/mol. The van der Waals surface area contributed by atoms with Crippen LogP contribution in [0.15, 0.2) is 18.2 Å². The van der Waals surface area contributed by atoms with E-state index in [9.17, 15) is 4.79 Å². The van der Waals surface area contributed by atoms with Gasteiger partial charge in [0.1, 0.15) is 0 Å². The number of benzene rings is 1. The van der Waals surface area contributed by atoms with E-state index in [-0.39, 0.29) is 5.91 Å². The summed E-state index contributed by atoms with van der Waals surface area (Å²) in [5, 5.41) is 4.09. The van der Waals surface area contributed by atoms with Gasteiger partial charge in [-0.05, 0) is 50.4 Å². The van der Waals surface area contributed by atoms with E-state index < -0.39 is 0 Å². The Hall–Kier alpha value is -1.06. The van der Waals surface area contributed by atoms with Crippen molar-refractivity contribution in [2.24, 2.45) is 0 Å². The van der Waals surface area contributed by atoms with Crippen LogP contribution in [0.4, 0.5) is 0 Å². The molecule has 2 atom stereocenters. The van der Waals surface area contributed by atoms with Crippen LogP contribution in [0.25, 0.3) is 0 Å². The molecule has 1 amide bonds. The highest BCUT2D eigenvalue weighted by Gasteiger charge is 2.38. The number of aryl methyl sites for hydroxylation is 1. The number of hydrogen-bond acceptors (Lipinski definition) is 2. The molecule has 4 heteroatoms. The third kappa shape index (κ3) is 2.37. The lowest BCUT2D eigenvalue weighted by atomic mass is 10.1. The molecule has 0 aliphatic carbocycles. The van der Waals surface area contributed by atoms with Crippen LogP contribution in [-0.4, -0.2) is 36.0 Å². The van der Waals surface area contributed by atoms with Gasteiger partial charge in [-0.25, -0.2) is 0 Å². The standard InChI is InChI=1S/C15H19ClN2O/c1-10-2-3-11(8-14(10)16)15(19)18-12-4-5-13(18)9-17-7-6-12/h2-3,8,12-13,17H,4-7,9H2,1H3. The van der Waals surface area contributed by atoms with Crippen LogP contribution in [0.3, 0.4) is 0 Å². The quantitative estimate of drug-likeness (QED) is 0.856. The van der Waals surface area contributed by atoms with Gasteiger partial charge in [-0.2, -0.15) is 0 Å². The number of halogens is 1. The van der Waals surface area contributed by atoms with Crippen LogP contribution in [0.5, 0.6) is 0 Å². The zero-order chi connectivity index (χ0) is 13.4. The monoisotopic (exact) mass is 278 g/mol. The van der Waals surface area contributed by atoms with Crippen molar-refractivity contribution in [3.05, 3.63) is 34.3 Å². The Labute approximate surface area is 118 Å². The van der Waals surface area contributed by atoms with Gasteiger partial charge in [0.15, 0.2) is 0 Å². The zero-order valence-electron chi connectivity index (χ0n) is 11.2. The van der Waals surface area contributed by atoms with E-state index in [1.165, 1.54) is 0 Å². The first kappa shape index (κ1) is 12.9. The van der Waals surface area contributed by atoms with Gasteiger partial charge < -0.3 is 10.2 Å². The van der Waals surface area contributed by atoms with Crippen LogP contribution in [0.2, 0.25) is 5.02 Å². The van der Waals surface area contributed by atoms with Gasteiger partial charge in [0.2, 0.25) is 0 Å². The maximum Gasteiger partial charge on any atom is 0.254 e. The van der Waals surface area contributed by atoms with Gasteiger partial charge in [-0.3, -0.25) is 4.79 Å². The summed E-state index contributed by atoms with van der Waals surface area (Å²) in [5.41, 5.74) is 1.73. The highest BCUT2D eigenvalue weighted by atomic mass is 35.5. The molecule has 3 rings (SSSR count). The molecule has 2 unspecified atom stereocenters. The minimum atomic E-state index is 0.137. The molecule has 0 spiro atoms. The first-order valence-electron chi connectivity index (χ1n) is 6.96. The molecule has 2 bridgehead atoms. The summed E-state index contributed by atoms with van der Waals surface area (Å²) >= 11 is 6.13. The average Bonchev–Trinajstić information content (AvgIpc) is 2.65. The molecule has 2 heterocycles. The molecule has 1 aromatic rings. The van der Waals surface area contributed by atoms with Crippen molar-refractivity contribution >= 4 is 17.5 Å². The molecule has 0 saturated carbocycles. The van der Waals surface area contributed by atoms with E-state index in [0.717, 1.165) is 43.5 Å². The topological polar surface area (TPSA) is 32.3 Å². The van der Waals surface area contributed by atoms with E-state index >= 15 is 0 Å². The minimum Gasteiger partial charge on any atom is -0.331 e. The van der Waals surface area contributed by atoms with Gasteiger partial charge in [-0.15, -0.1) is 0 Å². The number of carbonyl (C=O) groups is 1. The van der Waals surface area contributed by atoms with Crippen LogP contribution >= 0.6 is 11.6 Å². The number of nitrogens with one attached hydrogen (secondary N) is 1. The molecule has 2 aliphatic heterocycles. The van der Waals surface area contributed by atoms with Crippen molar-refractivity contribution in [1.82, 2.24) is 10.2 Å². The van der Waals surface area contributed by atoms with Crippen LogP contribution in [-0.2, 0) is 0 Å². The number of hydrogen-bond donors (Lipinski definition) is 1. The summed E-state index contributed by atoms with van der Waals surface area (Å²) in [6, 6.07) is 6.36. The lowest BCUT2D eigenvalue weighted by molar-refractivity contribution is 0.0680. The van der Waals surface area contributed by atoms with Crippen molar-refractivity contribution in [1.29, 1.82) is 0 Å². The Morgan fingerprint density at radius 2 is 2.11 bits per heavy atom. The maximum absolute atomic E-state index is 12.7. The molecule has 2 fully saturated rings. The Bertz CT molecular complexity index is 489. The minimum absolute atomic E-state index is 0.137. The second-order valence-corrected chi connectivity index (χ2v) is 5.96. The second kappa shape index (κ2) is 5.14. The Morgan fingerprint density at radius 3 is 2.89 bits per heavy atom. The van der Waals surface area contributed by atoms with Crippen LogP contribution in [0.1, 0.15) is 35.2 Å². The van der Waals surface area contributed by atoms with Gasteiger partial charge >= 0.3 is 0 Å². The van der Waals surface area contributed by atoms with E-state index in [1.807, 2.05) is 19.1 Å². The zero-order valence-corrected chi connectivity index (χ0v) is 11.9. The number of carbonyl (C=O) groups excluding carboxylic acids is 1. The molecular weight excluding hydrogens is 260 g/mol. The number of nitrogens with zero attached hydrogens (tertiary/aromatic N) is 1. The number of amides is 1. The van der Waals surface area contributed by atoms with Gasteiger partial charge in [0.25, 0.3) is 5.91 Å². The lowest BCUT2D eigenvalue weighted by Gasteiger charge is -2.28. The summed E-state index contributed by atoms with van der Waals surface area (Å²) in [7, 11) is 0. The normalized spacial score (nSPS) is 26.3. The lowest BCUT2D eigenvalue weighted by Crippen LogP contribution is -2.42. The third-order valence-electron chi connectivity index (χ3n) is 4.31. The number of rotatable bonds is 1. The molecule has 1 aromatic carbocycles. The SMILES string of the molecule is Cc1ccc(C(=O)N2C3CCNCC2CC3)cc1Cl. The van der Waals surface area contributed by atoms with E-state index in [0.29, 0.717) is 17.1 Å². The second-order valence-electron chi connectivity index (χ2n) is 5.55. The predicted octanol–water partition coefficient (Wildman–Crippen LogP) is 2.61. The van der Waals surface area contributed by atoms with Crippen molar-refractivity contribution < 1.29 is 4.79 Å². The van der Waals surface area contributed by atoms with Gasteiger partial charge in [-0.1, -0.05) is 17.7 Å². The van der Waals surface area contributed by atoms with Crippen molar-refractivity contribution in [3.63, 3.8) is 0 Å². The van der Waals surface area contributed by atoms with E-state index in [4.69, 9.17) is 11.6 Å². The largest absolute Gasteiger partial charge is 0.331 e. The summed E-state index contributed by atoms with van der Waals surface area (Å²) < 4.78 is 0. The molecular formula is C15H19ClN2O. The summed E-state index contributed by atoms with van der Waals surface area (Å²) in [6.45, 7) is 3.89. The maximum atomic E-state index is 12.7. The fourth-order valence-electron chi connectivity index (χ4n) is 3.19. The Kier molecular flexibility index (Phi) is 3.50. The van der Waals surface area contributed by atoms with E-state index in [1.54, 1.807) is 6.07 Å². The van der Waals surface area contributed by atoms with Crippen molar-refractivity contribution in [2.75, 3.05) is 13.1 Å². The fraction of sp³-hybridized carbons (Fsp3) is 0.533. The first-order chi connectivity index (χ1) is 9.16. The summed E-state index contributed by atoms with van der Waals surface area (Å²) in [5.74, 6) is 0.137. The highest BCUT2D eigenvalue weighted by Crippen LogP contribution is 2.30. The fourth-order valence-corrected chi connectivity index (χ4v) is 3.37. The van der Waals surface area contributed by atoms with Gasteiger partial charge in [0, 0.05) is 29.2 Å². The number of fused-ring (bicyclic) bond motifs is 2. The molecule has 2 saturated heterocycles. The van der Waals surface area contributed by atoms with Crippen LogP contribution in [0, 0.1) is 6.92 Å². The van der Waals surface area contributed by atoms with Gasteiger partial charge in [0.05, 0.1) is 0 Å². The highest BCUT2D eigenvalue weighted by molar-refractivity contribution is 6.31. The molecule has 1 N–H and O–H groups in total. The van der Waals surface area contributed by atoms with Crippen LogP contribution < -0.4 is 5.32 Å². The van der Waals surface area contributed by atoms with Crippen molar-refractivity contribution in [2.45, 2.75) is 38.3 Å². The Morgan fingerprint density at radius 1 is 1.32 bits per heavy atom. The predicted molar refractivity (Wildman–Crippen MR) is 76.7 cm³/mol. The molecule has 2 aliphatic rings.